The average Bonchev–Trinajstić information content (AvgIpc) is 2.94. The first-order valence-corrected chi connectivity index (χ1v) is 8.51. The number of anilines is 1. The van der Waals surface area contributed by atoms with Gasteiger partial charge in [0.25, 0.3) is 0 Å². The van der Waals surface area contributed by atoms with Gasteiger partial charge in [-0.1, -0.05) is 25.1 Å². The van der Waals surface area contributed by atoms with Crippen molar-refractivity contribution < 1.29 is 9.90 Å². The normalized spacial score (nSPS) is 17.3. The number of carbonyl (C=O) groups excluding carboxylic acids is 1. The Labute approximate surface area is 139 Å². The maximum absolute atomic E-state index is 11.9. The van der Waals surface area contributed by atoms with E-state index in [2.05, 4.69) is 46.7 Å². The Morgan fingerprint density at radius 2 is 1.91 bits per heavy atom. The third-order valence-corrected chi connectivity index (χ3v) is 4.37. The molecule has 0 spiro atoms. The summed E-state index contributed by atoms with van der Waals surface area (Å²) in [5, 5.41) is 15.1. The van der Waals surface area contributed by atoms with Crippen molar-refractivity contribution in [1.29, 1.82) is 0 Å². The molecule has 23 heavy (non-hydrogen) atoms. The Kier molecular flexibility index (Phi) is 6.28. The van der Waals surface area contributed by atoms with Gasteiger partial charge in [0.05, 0.1) is 6.10 Å². The Hall–Kier alpha value is -1.75. The van der Waals surface area contributed by atoms with Gasteiger partial charge in [-0.25, -0.2) is 4.79 Å². The fraction of sp³-hybridized carbons (Fsp3) is 0.611. The van der Waals surface area contributed by atoms with Crippen LogP contribution < -0.4 is 15.5 Å². The van der Waals surface area contributed by atoms with Crippen LogP contribution in [-0.4, -0.2) is 42.9 Å². The summed E-state index contributed by atoms with van der Waals surface area (Å²) in [6.07, 6.45) is 1.44. The van der Waals surface area contributed by atoms with Crippen LogP contribution in [-0.2, 0) is 6.42 Å². The molecule has 1 aliphatic rings. The summed E-state index contributed by atoms with van der Waals surface area (Å²) >= 11 is 0. The Balaban J connectivity index is 1.72. The zero-order chi connectivity index (χ0) is 16.8. The van der Waals surface area contributed by atoms with Crippen molar-refractivity contribution in [1.82, 2.24) is 10.6 Å². The average molecular weight is 319 g/mol. The molecule has 2 rings (SSSR count). The largest absolute Gasteiger partial charge is 0.393 e. The van der Waals surface area contributed by atoms with E-state index in [0.29, 0.717) is 19.5 Å². The molecule has 1 aliphatic heterocycles. The van der Waals surface area contributed by atoms with E-state index in [-0.39, 0.29) is 24.1 Å². The second-order valence-electron chi connectivity index (χ2n) is 6.70. The van der Waals surface area contributed by atoms with Crippen LogP contribution in [0, 0.1) is 5.92 Å². The Morgan fingerprint density at radius 1 is 1.22 bits per heavy atom. The number of fused-ring (bicyclic) bond motifs is 1. The van der Waals surface area contributed by atoms with Crippen molar-refractivity contribution in [3.8, 4) is 0 Å². The minimum Gasteiger partial charge on any atom is -0.393 e. The van der Waals surface area contributed by atoms with Crippen molar-refractivity contribution in [2.45, 2.75) is 45.8 Å². The number of benzene rings is 1. The van der Waals surface area contributed by atoms with Crippen LogP contribution in [0.15, 0.2) is 24.3 Å². The number of rotatable bonds is 7. The van der Waals surface area contributed by atoms with E-state index in [1.165, 1.54) is 11.3 Å². The van der Waals surface area contributed by atoms with Crippen LogP contribution >= 0.6 is 0 Å². The lowest BCUT2D eigenvalue weighted by atomic mass is 10.1. The highest BCUT2D eigenvalue weighted by Gasteiger charge is 2.23. The fourth-order valence-corrected chi connectivity index (χ4v) is 3.17. The third-order valence-electron chi connectivity index (χ3n) is 4.37. The molecule has 0 bridgehead atoms. The number of aliphatic hydroxyl groups is 1. The molecule has 0 aromatic heterocycles. The molecule has 3 N–H and O–H groups in total. The summed E-state index contributed by atoms with van der Waals surface area (Å²) in [7, 11) is 0. The molecule has 3 atom stereocenters. The number of hydrogen-bond acceptors (Lipinski definition) is 3. The van der Waals surface area contributed by atoms with Crippen molar-refractivity contribution in [3.63, 3.8) is 0 Å². The summed E-state index contributed by atoms with van der Waals surface area (Å²) in [4.78, 5) is 14.2. The molecule has 1 aromatic rings. The van der Waals surface area contributed by atoms with Crippen molar-refractivity contribution in [2.24, 2.45) is 5.92 Å². The topological polar surface area (TPSA) is 64.6 Å². The van der Waals surface area contributed by atoms with Crippen LogP contribution in [0.2, 0.25) is 0 Å². The van der Waals surface area contributed by atoms with Gasteiger partial charge in [0.2, 0.25) is 0 Å². The van der Waals surface area contributed by atoms with Crippen LogP contribution in [0.4, 0.5) is 10.5 Å². The van der Waals surface area contributed by atoms with Crippen LogP contribution in [0.1, 0.15) is 32.8 Å². The number of aliphatic hydroxyl groups excluding tert-OH is 1. The van der Waals surface area contributed by atoms with Crippen LogP contribution in [0.25, 0.3) is 0 Å². The number of amides is 2. The lowest BCUT2D eigenvalue weighted by molar-refractivity contribution is 0.163. The smallest absolute Gasteiger partial charge is 0.314 e. The number of hydrogen-bond donors (Lipinski definition) is 3. The number of para-hydroxylation sites is 1. The lowest BCUT2D eigenvalue weighted by Crippen LogP contribution is -2.45. The molecule has 0 saturated carbocycles. The molecule has 0 saturated heterocycles. The number of nitrogens with one attached hydrogen (secondary N) is 2. The van der Waals surface area contributed by atoms with E-state index in [1.807, 2.05) is 6.92 Å². The van der Waals surface area contributed by atoms with Crippen molar-refractivity contribution >= 4 is 11.7 Å². The summed E-state index contributed by atoms with van der Waals surface area (Å²) in [6, 6.07) is 8.59. The van der Waals surface area contributed by atoms with Gasteiger partial charge in [-0.3, -0.25) is 0 Å². The monoisotopic (exact) mass is 319 g/mol. The van der Waals surface area contributed by atoms with E-state index in [0.717, 1.165) is 13.0 Å². The molecule has 1 aromatic carbocycles. The molecular formula is C18H29N3O2. The second-order valence-corrected chi connectivity index (χ2v) is 6.70. The van der Waals surface area contributed by atoms with E-state index in [4.69, 9.17) is 0 Å². The highest BCUT2D eigenvalue weighted by atomic mass is 16.3. The predicted octanol–water partition coefficient (Wildman–Crippen LogP) is 2.14. The highest BCUT2D eigenvalue weighted by Crippen LogP contribution is 2.28. The van der Waals surface area contributed by atoms with E-state index >= 15 is 0 Å². The van der Waals surface area contributed by atoms with Crippen molar-refractivity contribution in [2.75, 3.05) is 24.5 Å². The molecule has 0 aliphatic carbocycles. The van der Waals surface area contributed by atoms with Crippen LogP contribution in [0.3, 0.4) is 0 Å². The predicted molar refractivity (Wildman–Crippen MR) is 93.8 cm³/mol. The number of carbonyl (C=O) groups is 1. The first-order valence-electron chi connectivity index (χ1n) is 8.51. The van der Waals surface area contributed by atoms with Crippen LogP contribution in [0.5, 0.6) is 0 Å². The summed E-state index contributed by atoms with van der Waals surface area (Å²) in [5.74, 6) is 0.267. The molecule has 0 fully saturated rings. The molecule has 128 valence electrons. The minimum atomic E-state index is -0.329. The maximum Gasteiger partial charge on any atom is 0.314 e. The maximum atomic E-state index is 11.9. The van der Waals surface area contributed by atoms with Gasteiger partial charge >= 0.3 is 6.03 Å². The molecule has 1 heterocycles. The second kappa shape index (κ2) is 8.20. The van der Waals surface area contributed by atoms with Gasteiger partial charge in [-0.15, -0.1) is 0 Å². The quantitative estimate of drug-likeness (QED) is 0.721. The van der Waals surface area contributed by atoms with Gasteiger partial charge in [0.15, 0.2) is 0 Å². The lowest BCUT2D eigenvalue weighted by Gasteiger charge is -2.27. The molecule has 5 heteroatoms. The zero-order valence-electron chi connectivity index (χ0n) is 14.4. The molecular weight excluding hydrogens is 290 g/mol. The minimum absolute atomic E-state index is 0.137. The summed E-state index contributed by atoms with van der Waals surface area (Å²) < 4.78 is 0. The highest BCUT2D eigenvalue weighted by molar-refractivity contribution is 5.74. The molecule has 0 radical (unpaired) electrons. The number of urea groups is 1. The first-order chi connectivity index (χ1) is 11.0. The number of nitrogens with zero attached hydrogens (tertiary/aromatic N) is 1. The standard InChI is InChI=1S/C18H29N3O2/c1-13(10-15(3)22)11-19-18(23)20-12-14(2)21-9-8-16-6-4-5-7-17(16)21/h4-7,13-15,22H,8-12H2,1-3H3,(H2,19,20,23). The molecule has 3 unspecified atom stereocenters. The molecule has 5 nitrogen and oxygen atoms in total. The van der Waals surface area contributed by atoms with Gasteiger partial charge in [0, 0.05) is 31.4 Å². The summed E-state index contributed by atoms with van der Waals surface area (Å²) in [5.41, 5.74) is 2.67. The van der Waals surface area contributed by atoms with E-state index < -0.39 is 0 Å². The zero-order valence-corrected chi connectivity index (χ0v) is 14.4. The molecule has 2 amide bonds. The van der Waals surface area contributed by atoms with E-state index in [1.54, 1.807) is 6.92 Å². The first kappa shape index (κ1) is 17.6. The van der Waals surface area contributed by atoms with Gasteiger partial charge < -0.3 is 20.6 Å². The van der Waals surface area contributed by atoms with Gasteiger partial charge in [-0.05, 0) is 44.2 Å². The van der Waals surface area contributed by atoms with Crippen molar-refractivity contribution in [3.05, 3.63) is 29.8 Å². The van der Waals surface area contributed by atoms with Gasteiger partial charge in [0.1, 0.15) is 0 Å². The fourth-order valence-electron chi connectivity index (χ4n) is 3.17. The summed E-state index contributed by atoms with van der Waals surface area (Å²) in [6.45, 7) is 8.14. The third kappa shape index (κ3) is 5.13. The van der Waals surface area contributed by atoms with E-state index in [9.17, 15) is 9.90 Å². The van der Waals surface area contributed by atoms with Gasteiger partial charge in [-0.2, -0.15) is 0 Å². The Morgan fingerprint density at radius 3 is 2.65 bits per heavy atom. The Bertz CT molecular complexity index is 519. The SMILES string of the molecule is CC(O)CC(C)CNC(=O)NCC(C)N1CCc2ccccc21.